The van der Waals surface area contributed by atoms with Gasteiger partial charge in [0.1, 0.15) is 0 Å². The van der Waals surface area contributed by atoms with E-state index in [1.54, 1.807) is 0 Å². The number of aryl methyl sites for hydroxylation is 1. The van der Waals surface area contributed by atoms with Gasteiger partial charge < -0.3 is 10.6 Å². The van der Waals surface area contributed by atoms with Crippen molar-refractivity contribution >= 4 is 5.69 Å². The molecule has 0 aliphatic rings. The second-order valence-corrected chi connectivity index (χ2v) is 4.42. The third-order valence-corrected chi connectivity index (χ3v) is 2.81. The number of anilines is 1. The number of nitrogens with zero attached hydrogens (tertiary/aromatic N) is 1. The Labute approximate surface area is 93.1 Å². The first-order valence-corrected chi connectivity index (χ1v) is 5.64. The van der Waals surface area contributed by atoms with Crippen molar-refractivity contribution in [1.29, 1.82) is 0 Å². The zero-order valence-corrected chi connectivity index (χ0v) is 10.0. The minimum Gasteiger partial charge on any atom is -0.399 e. The third-order valence-electron chi connectivity index (χ3n) is 2.81. The average Bonchev–Trinajstić information content (AvgIpc) is 2.17. The fourth-order valence-electron chi connectivity index (χ4n) is 1.54. The van der Waals surface area contributed by atoms with E-state index in [4.69, 9.17) is 5.73 Å². The molecule has 0 unspecified atom stereocenters. The molecule has 0 bridgehead atoms. The van der Waals surface area contributed by atoms with Crippen molar-refractivity contribution in [2.24, 2.45) is 0 Å². The predicted molar refractivity (Wildman–Crippen MR) is 66.9 cm³/mol. The van der Waals surface area contributed by atoms with Crippen LogP contribution >= 0.6 is 0 Å². The Morgan fingerprint density at radius 2 is 2.07 bits per heavy atom. The Kier molecular flexibility index (Phi) is 4.63. The van der Waals surface area contributed by atoms with Crippen molar-refractivity contribution in [3.8, 4) is 0 Å². The first-order valence-electron chi connectivity index (χ1n) is 5.64. The van der Waals surface area contributed by atoms with E-state index in [0.717, 1.165) is 18.7 Å². The lowest BCUT2D eigenvalue weighted by Gasteiger charge is -2.20. The summed E-state index contributed by atoms with van der Waals surface area (Å²) in [5.74, 6) is 0. The van der Waals surface area contributed by atoms with Gasteiger partial charge in [-0.1, -0.05) is 12.1 Å². The van der Waals surface area contributed by atoms with Gasteiger partial charge in [-0.05, 0) is 58.0 Å². The zero-order chi connectivity index (χ0) is 11.3. The van der Waals surface area contributed by atoms with Gasteiger partial charge in [0, 0.05) is 11.7 Å². The Hall–Kier alpha value is -1.02. The second-order valence-electron chi connectivity index (χ2n) is 4.42. The predicted octanol–water partition coefficient (Wildman–Crippen LogP) is 2.54. The number of nitrogens with two attached hydrogens (primary N) is 1. The molecule has 1 rings (SSSR count). The van der Waals surface area contributed by atoms with E-state index in [1.165, 1.54) is 12.0 Å². The van der Waals surface area contributed by atoms with Crippen LogP contribution < -0.4 is 5.73 Å². The molecule has 0 saturated carbocycles. The monoisotopic (exact) mass is 206 g/mol. The summed E-state index contributed by atoms with van der Waals surface area (Å²) in [6.45, 7) is 5.59. The average molecular weight is 206 g/mol. The number of rotatable bonds is 5. The van der Waals surface area contributed by atoms with Crippen LogP contribution in [0.1, 0.15) is 25.8 Å². The second kappa shape index (κ2) is 5.76. The largest absolute Gasteiger partial charge is 0.399 e. The third kappa shape index (κ3) is 4.34. The molecule has 0 aliphatic carbocycles. The molecule has 0 fully saturated rings. The SMILES string of the molecule is CC(C)N(C)CCCc1cccc(N)c1. The lowest BCUT2D eigenvalue weighted by Crippen LogP contribution is -2.27. The number of benzene rings is 1. The standard InChI is InChI=1S/C13H22N2/c1-11(2)15(3)9-5-7-12-6-4-8-13(14)10-12/h4,6,8,10-11H,5,7,9,14H2,1-3H3. The molecule has 0 saturated heterocycles. The zero-order valence-electron chi connectivity index (χ0n) is 10.0. The molecule has 0 atom stereocenters. The maximum atomic E-state index is 5.73. The summed E-state index contributed by atoms with van der Waals surface area (Å²) in [7, 11) is 2.17. The summed E-state index contributed by atoms with van der Waals surface area (Å²) in [5, 5.41) is 0. The van der Waals surface area contributed by atoms with E-state index in [2.05, 4.69) is 37.9 Å². The maximum Gasteiger partial charge on any atom is 0.0316 e. The maximum absolute atomic E-state index is 5.73. The molecule has 1 aromatic carbocycles. The lowest BCUT2D eigenvalue weighted by atomic mass is 10.1. The van der Waals surface area contributed by atoms with Gasteiger partial charge in [0.2, 0.25) is 0 Å². The van der Waals surface area contributed by atoms with Crippen molar-refractivity contribution in [2.75, 3.05) is 19.3 Å². The Morgan fingerprint density at radius 1 is 1.33 bits per heavy atom. The minimum atomic E-state index is 0.630. The summed E-state index contributed by atoms with van der Waals surface area (Å²) < 4.78 is 0. The smallest absolute Gasteiger partial charge is 0.0316 e. The van der Waals surface area contributed by atoms with Gasteiger partial charge in [-0.15, -0.1) is 0 Å². The van der Waals surface area contributed by atoms with Crippen LogP contribution in [0.3, 0.4) is 0 Å². The summed E-state index contributed by atoms with van der Waals surface area (Å²) in [6, 6.07) is 8.80. The summed E-state index contributed by atoms with van der Waals surface area (Å²) in [6.07, 6.45) is 2.31. The van der Waals surface area contributed by atoms with E-state index in [9.17, 15) is 0 Å². The van der Waals surface area contributed by atoms with Gasteiger partial charge in [0.15, 0.2) is 0 Å². The van der Waals surface area contributed by atoms with Crippen LogP contribution in [0.4, 0.5) is 5.69 Å². The molecule has 2 N–H and O–H groups in total. The van der Waals surface area contributed by atoms with Crippen molar-refractivity contribution in [2.45, 2.75) is 32.7 Å². The van der Waals surface area contributed by atoms with Gasteiger partial charge in [-0.2, -0.15) is 0 Å². The highest BCUT2D eigenvalue weighted by Crippen LogP contribution is 2.09. The molecule has 0 aromatic heterocycles. The van der Waals surface area contributed by atoms with Crippen molar-refractivity contribution in [3.63, 3.8) is 0 Å². The lowest BCUT2D eigenvalue weighted by molar-refractivity contribution is 0.271. The van der Waals surface area contributed by atoms with Crippen LogP contribution in [0.15, 0.2) is 24.3 Å². The quantitative estimate of drug-likeness (QED) is 0.750. The molecule has 1 aromatic rings. The number of hydrogen-bond donors (Lipinski definition) is 1. The van der Waals surface area contributed by atoms with E-state index < -0.39 is 0 Å². The van der Waals surface area contributed by atoms with Crippen LogP contribution in [0.5, 0.6) is 0 Å². The van der Waals surface area contributed by atoms with Gasteiger partial charge in [0.05, 0.1) is 0 Å². The van der Waals surface area contributed by atoms with Crippen LogP contribution in [-0.4, -0.2) is 24.5 Å². The highest BCUT2D eigenvalue weighted by molar-refractivity contribution is 5.40. The van der Waals surface area contributed by atoms with Crippen molar-refractivity contribution in [1.82, 2.24) is 4.90 Å². The highest BCUT2D eigenvalue weighted by atomic mass is 15.1. The van der Waals surface area contributed by atoms with Crippen molar-refractivity contribution in [3.05, 3.63) is 29.8 Å². The summed E-state index contributed by atoms with van der Waals surface area (Å²) >= 11 is 0. The van der Waals surface area contributed by atoms with Gasteiger partial charge in [-0.25, -0.2) is 0 Å². The van der Waals surface area contributed by atoms with Gasteiger partial charge in [-0.3, -0.25) is 0 Å². The molecular formula is C13H22N2. The number of nitrogen functional groups attached to an aromatic ring is 1. The Balaban J connectivity index is 2.32. The van der Waals surface area contributed by atoms with Crippen LogP contribution in [0.25, 0.3) is 0 Å². The molecule has 2 nitrogen and oxygen atoms in total. The van der Waals surface area contributed by atoms with Crippen LogP contribution in [-0.2, 0) is 6.42 Å². The van der Waals surface area contributed by atoms with Gasteiger partial charge in [0.25, 0.3) is 0 Å². The summed E-state index contributed by atoms with van der Waals surface area (Å²) in [4.78, 5) is 2.37. The summed E-state index contributed by atoms with van der Waals surface area (Å²) in [5.41, 5.74) is 7.93. The molecule has 0 heterocycles. The topological polar surface area (TPSA) is 29.3 Å². The number of hydrogen-bond acceptors (Lipinski definition) is 2. The molecule has 0 radical (unpaired) electrons. The van der Waals surface area contributed by atoms with Gasteiger partial charge >= 0.3 is 0 Å². The fraction of sp³-hybridized carbons (Fsp3) is 0.538. The molecule has 0 amide bonds. The molecule has 15 heavy (non-hydrogen) atoms. The normalized spacial score (nSPS) is 11.3. The molecular weight excluding hydrogens is 184 g/mol. The molecule has 84 valence electrons. The molecule has 0 aliphatic heterocycles. The van der Waals surface area contributed by atoms with Crippen LogP contribution in [0, 0.1) is 0 Å². The Morgan fingerprint density at radius 3 is 2.67 bits per heavy atom. The highest BCUT2D eigenvalue weighted by Gasteiger charge is 2.02. The Bertz CT molecular complexity index is 294. The first-order chi connectivity index (χ1) is 7.09. The first kappa shape index (κ1) is 12.1. The van der Waals surface area contributed by atoms with E-state index in [1.807, 2.05) is 12.1 Å². The van der Waals surface area contributed by atoms with E-state index in [-0.39, 0.29) is 0 Å². The van der Waals surface area contributed by atoms with Crippen molar-refractivity contribution < 1.29 is 0 Å². The molecule has 2 heteroatoms. The fourth-order valence-corrected chi connectivity index (χ4v) is 1.54. The minimum absolute atomic E-state index is 0.630. The van der Waals surface area contributed by atoms with E-state index >= 15 is 0 Å². The van der Waals surface area contributed by atoms with Crippen LogP contribution in [0.2, 0.25) is 0 Å². The molecule has 0 spiro atoms. The van der Waals surface area contributed by atoms with E-state index in [0.29, 0.717) is 6.04 Å².